The topological polar surface area (TPSA) is 0 Å². The first kappa shape index (κ1) is 46.6. The van der Waals surface area contributed by atoms with Crippen LogP contribution in [0.1, 0.15) is 183 Å². The minimum absolute atomic E-state index is 0.393. The molecule has 0 spiro atoms. The summed E-state index contributed by atoms with van der Waals surface area (Å²) in [6, 6.07) is 16.1. The molecule has 0 N–H and O–H groups in total. The van der Waals surface area contributed by atoms with Gasteiger partial charge in [0.25, 0.3) is 0 Å². The van der Waals surface area contributed by atoms with Gasteiger partial charge < -0.3 is 0 Å². The first-order valence-corrected chi connectivity index (χ1v) is 23.8. The molecule has 4 aliphatic rings. The largest absolute Gasteiger partial charge is 0.0835 e. The van der Waals surface area contributed by atoms with Gasteiger partial charge >= 0.3 is 0 Å². The van der Waals surface area contributed by atoms with E-state index in [1.54, 1.807) is 11.1 Å². The molecule has 1 saturated carbocycles. The van der Waals surface area contributed by atoms with Crippen LogP contribution in [0.25, 0.3) is 23.3 Å². The summed E-state index contributed by atoms with van der Waals surface area (Å²) in [4.78, 5) is 0. The maximum absolute atomic E-state index is 2.62. The van der Waals surface area contributed by atoms with E-state index in [0.29, 0.717) is 23.2 Å². The molecule has 0 saturated heterocycles. The van der Waals surface area contributed by atoms with Crippen molar-refractivity contribution in [1.29, 1.82) is 0 Å². The van der Waals surface area contributed by atoms with Crippen molar-refractivity contribution >= 4 is 23.3 Å². The molecule has 2 aromatic rings. The molecule has 312 valence electrons. The van der Waals surface area contributed by atoms with Gasteiger partial charge in [0.2, 0.25) is 0 Å². The predicted molar refractivity (Wildman–Crippen MR) is 256 cm³/mol. The first-order valence-electron chi connectivity index (χ1n) is 23.8. The van der Waals surface area contributed by atoms with E-state index in [-0.39, 0.29) is 0 Å². The van der Waals surface area contributed by atoms with E-state index in [9.17, 15) is 0 Å². The molecule has 0 aromatic heterocycles. The summed E-state index contributed by atoms with van der Waals surface area (Å²) < 4.78 is 0. The molecule has 57 heavy (non-hydrogen) atoms. The standard InChI is InChI=1S/C51H68.C4H10.C2H6/c1-8-17-39-20-14-15-21-41(39)26-28-49(44-23-16-22-42(24-25-44)40-18-12-11-13-19-40)37(6)48(10-3)45-32-38(9-2)50-29-27-43-30-31-51(7,36(4)5)35-47(43)34-46(50)33-45;1-4(2)3;1-2/h10-13,16,18-19,23-25,29,32-34,36-37,39,41,49H,8-9,14-15,17,20-22,26-28,30-31,35H2,1-7H3;4H,1-3H3;1-2H3/t37?,39-,41?,49-,51?;;/m0../s1. The van der Waals surface area contributed by atoms with Crippen LogP contribution in [-0.2, 0) is 6.42 Å². The molecule has 0 nitrogen and oxygen atoms in total. The minimum Gasteiger partial charge on any atom is -0.0835 e. The normalized spacial score (nSPS) is 23.2. The van der Waals surface area contributed by atoms with Crippen LogP contribution in [0.4, 0.5) is 0 Å². The molecular formula is C57H84. The van der Waals surface area contributed by atoms with Gasteiger partial charge in [0.1, 0.15) is 0 Å². The van der Waals surface area contributed by atoms with Crippen molar-refractivity contribution in [3.8, 4) is 0 Å². The maximum Gasteiger partial charge on any atom is -0.00883 e. The molecule has 0 radical (unpaired) electrons. The summed E-state index contributed by atoms with van der Waals surface area (Å²) in [5.41, 5.74) is 12.5. The van der Waals surface area contributed by atoms with Crippen LogP contribution < -0.4 is 10.4 Å². The maximum atomic E-state index is 2.62. The highest BCUT2D eigenvalue weighted by Gasteiger charge is 2.34. The number of rotatable bonds is 12. The van der Waals surface area contributed by atoms with Crippen molar-refractivity contribution in [2.45, 2.75) is 173 Å². The zero-order valence-corrected chi connectivity index (χ0v) is 38.9. The Morgan fingerprint density at radius 1 is 0.877 bits per heavy atom. The van der Waals surface area contributed by atoms with Gasteiger partial charge in [0.05, 0.1) is 0 Å². The van der Waals surface area contributed by atoms with Gasteiger partial charge in [-0.25, -0.2) is 0 Å². The molecule has 4 aliphatic carbocycles. The number of hydrogen-bond donors (Lipinski definition) is 0. The Balaban J connectivity index is 0.00000113. The SMILES string of the molecule is CC.CC(C)C.CC=C(c1cc(CC)c2c(c1)=CC1=C(CC=2)CCC(C)(C(C)C)C1)C(C)[C@H](CCC1CCCC[C@@H]1CCC)C1=CC=C(c2ccccc2)CC=C1. The Bertz CT molecular complexity index is 1830. The van der Waals surface area contributed by atoms with E-state index in [2.05, 4.69) is 154 Å². The second kappa shape index (κ2) is 22.9. The molecule has 0 amide bonds. The summed E-state index contributed by atoms with van der Waals surface area (Å²) in [6.45, 7) is 27.5. The van der Waals surface area contributed by atoms with Gasteiger partial charge in [-0.3, -0.25) is 0 Å². The minimum atomic E-state index is 0.393. The molecule has 2 aromatic carbocycles. The monoisotopic (exact) mass is 769 g/mol. The van der Waals surface area contributed by atoms with Crippen molar-refractivity contribution in [3.63, 3.8) is 0 Å². The fourth-order valence-corrected chi connectivity index (χ4v) is 10.3. The lowest BCUT2D eigenvalue weighted by Crippen LogP contribution is -2.30. The van der Waals surface area contributed by atoms with Crippen LogP contribution in [0.2, 0.25) is 0 Å². The van der Waals surface area contributed by atoms with E-state index in [1.165, 1.54) is 114 Å². The van der Waals surface area contributed by atoms with Crippen molar-refractivity contribution in [1.82, 2.24) is 0 Å². The van der Waals surface area contributed by atoms with Gasteiger partial charge in [-0.1, -0.05) is 199 Å². The van der Waals surface area contributed by atoms with Crippen LogP contribution >= 0.6 is 0 Å². The van der Waals surface area contributed by atoms with Gasteiger partial charge in [0.15, 0.2) is 0 Å². The lowest BCUT2D eigenvalue weighted by Gasteiger charge is -2.39. The predicted octanol–water partition coefficient (Wildman–Crippen LogP) is 16.1. The zero-order valence-electron chi connectivity index (χ0n) is 38.9. The third-order valence-corrected chi connectivity index (χ3v) is 14.0. The lowest BCUT2D eigenvalue weighted by atomic mass is 9.66. The van der Waals surface area contributed by atoms with E-state index in [1.807, 2.05) is 13.8 Å². The second-order valence-electron chi connectivity index (χ2n) is 19.0. The van der Waals surface area contributed by atoms with Crippen molar-refractivity contribution < 1.29 is 0 Å². The Hall–Kier alpha value is -3.12. The highest BCUT2D eigenvalue weighted by Crippen LogP contribution is 2.46. The average Bonchev–Trinajstić information content (AvgIpc) is 3.56. The van der Waals surface area contributed by atoms with Gasteiger partial charge in [0, 0.05) is 0 Å². The molecule has 0 heterocycles. The molecular weight excluding hydrogens is 685 g/mol. The number of fused-ring (bicyclic) bond motifs is 1. The molecule has 0 heteroatoms. The van der Waals surface area contributed by atoms with Crippen LogP contribution in [0, 0.1) is 40.9 Å². The average molecular weight is 769 g/mol. The van der Waals surface area contributed by atoms with E-state index in [0.717, 1.165) is 37.0 Å². The van der Waals surface area contributed by atoms with Gasteiger partial charge in [-0.05, 0) is 155 Å². The Morgan fingerprint density at radius 3 is 2.19 bits per heavy atom. The number of benzene rings is 2. The number of allylic oxidation sites excluding steroid dienone is 10. The number of aryl methyl sites for hydroxylation is 1. The molecule has 5 atom stereocenters. The highest BCUT2D eigenvalue weighted by atomic mass is 14.4. The zero-order chi connectivity index (χ0) is 41.5. The van der Waals surface area contributed by atoms with E-state index >= 15 is 0 Å². The van der Waals surface area contributed by atoms with E-state index < -0.39 is 0 Å². The second-order valence-corrected chi connectivity index (χ2v) is 19.0. The van der Waals surface area contributed by atoms with Crippen molar-refractivity contribution in [2.24, 2.45) is 40.9 Å². The fourth-order valence-electron chi connectivity index (χ4n) is 10.3. The molecule has 6 rings (SSSR count). The lowest BCUT2D eigenvalue weighted by molar-refractivity contribution is 0.189. The van der Waals surface area contributed by atoms with Crippen LogP contribution in [0.15, 0.2) is 89.6 Å². The third-order valence-electron chi connectivity index (χ3n) is 14.0. The van der Waals surface area contributed by atoms with Crippen LogP contribution in [0.3, 0.4) is 0 Å². The summed E-state index contributed by atoms with van der Waals surface area (Å²) in [6.07, 6.45) is 35.6. The fraction of sp³-hybridized carbons (Fsp3) is 0.579. The quantitative estimate of drug-likeness (QED) is 0.202. The van der Waals surface area contributed by atoms with Gasteiger partial charge in [-0.15, -0.1) is 0 Å². The third kappa shape index (κ3) is 12.4. The first-order chi connectivity index (χ1) is 27.5. The molecule has 0 bridgehead atoms. The van der Waals surface area contributed by atoms with Crippen molar-refractivity contribution in [3.05, 3.63) is 117 Å². The summed E-state index contributed by atoms with van der Waals surface area (Å²) in [5.74, 6) is 4.25. The number of hydrogen-bond acceptors (Lipinski definition) is 0. The van der Waals surface area contributed by atoms with E-state index in [4.69, 9.17) is 0 Å². The Morgan fingerprint density at radius 2 is 1.56 bits per heavy atom. The molecule has 1 fully saturated rings. The van der Waals surface area contributed by atoms with Gasteiger partial charge in [-0.2, -0.15) is 0 Å². The Labute approximate surface area is 352 Å². The van der Waals surface area contributed by atoms with Crippen molar-refractivity contribution in [2.75, 3.05) is 0 Å². The molecule has 0 aliphatic heterocycles. The Kier molecular flexibility index (Phi) is 18.7. The highest BCUT2D eigenvalue weighted by molar-refractivity contribution is 5.72. The van der Waals surface area contributed by atoms with Crippen LogP contribution in [0.5, 0.6) is 0 Å². The molecule has 3 unspecified atom stereocenters. The summed E-state index contributed by atoms with van der Waals surface area (Å²) in [7, 11) is 0. The summed E-state index contributed by atoms with van der Waals surface area (Å²) in [5, 5.41) is 2.95. The van der Waals surface area contributed by atoms with Crippen LogP contribution in [-0.4, -0.2) is 0 Å². The summed E-state index contributed by atoms with van der Waals surface area (Å²) >= 11 is 0. The smallest absolute Gasteiger partial charge is 0.00883 e.